The largest absolute Gasteiger partial charge is 0.454 e. The number of hydrogen-bond donors (Lipinski definition) is 2. The zero-order valence-corrected chi connectivity index (χ0v) is 18.7. The molecule has 3 aromatic rings. The summed E-state index contributed by atoms with van der Waals surface area (Å²) in [6.07, 6.45) is 0. The summed E-state index contributed by atoms with van der Waals surface area (Å²) in [5.74, 6) is 1.49. The van der Waals surface area contributed by atoms with E-state index in [0.29, 0.717) is 33.7 Å². The van der Waals surface area contributed by atoms with Gasteiger partial charge in [0, 0.05) is 24.4 Å². The average Bonchev–Trinajstić information content (AvgIpc) is 3.40. The van der Waals surface area contributed by atoms with Crippen molar-refractivity contribution < 1.29 is 19.1 Å². The molecule has 0 bridgehead atoms. The van der Waals surface area contributed by atoms with E-state index in [4.69, 9.17) is 9.47 Å². The van der Waals surface area contributed by atoms with Gasteiger partial charge < -0.3 is 24.7 Å². The minimum absolute atomic E-state index is 0.177. The third-order valence-electron chi connectivity index (χ3n) is 4.93. The summed E-state index contributed by atoms with van der Waals surface area (Å²) in [7, 11) is 1.81. The Kier molecular flexibility index (Phi) is 6.31. The molecule has 2 atom stereocenters. The summed E-state index contributed by atoms with van der Waals surface area (Å²) in [6.45, 7) is 3.81. The molecule has 2 N–H and O–H groups in total. The summed E-state index contributed by atoms with van der Waals surface area (Å²) in [5.41, 5.74) is 1.20. The van der Waals surface area contributed by atoms with Crippen molar-refractivity contribution in [2.45, 2.75) is 30.3 Å². The first-order chi connectivity index (χ1) is 15.4. The van der Waals surface area contributed by atoms with E-state index >= 15 is 0 Å². The summed E-state index contributed by atoms with van der Waals surface area (Å²) in [6, 6.07) is 13.9. The summed E-state index contributed by atoms with van der Waals surface area (Å²) < 4.78 is 12.4. The quantitative estimate of drug-likeness (QED) is 0.529. The van der Waals surface area contributed by atoms with Gasteiger partial charge in [-0.3, -0.25) is 9.59 Å². The molecule has 1 aromatic heterocycles. The van der Waals surface area contributed by atoms with Gasteiger partial charge in [0.05, 0.1) is 11.3 Å². The molecule has 166 valence electrons. The normalized spacial score (nSPS) is 14.0. The molecule has 0 saturated carbocycles. The first-order valence-corrected chi connectivity index (χ1v) is 10.9. The molecule has 0 radical (unpaired) electrons. The maximum absolute atomic E-state index is 12.7. The lowest BCUT2D eigenvalue weighted by Crippen LogP contribution is -2.28. The van der Waals surface area contributed by atoms with E-state index in [1.165, 1.54) is 11.8 Å². The van der Waals surface area contributed by atoms with E-state index in [1.807, 2.05) is 32.2 Å². The first kappa shape index (κ1) is 21.7. The van der Waals surface area contributed by atoms with Crippen LogP contribution in [0.3, 0.4) is 0 Å². The summed E-state index contributed by atoms with van der Waals surface area (Å²) >= 11 is 1.29. The summed E-state index contributed by atoms with van der Waals surface area (Å²) in [5, 5.41) is 14.4. The monoisotopic (exact) mass is 453 g/mol. The molecule has 0 spiro atoms. The number of nitrogens with zero attached hydrogens (tertiary/aromatic N) is 3. The predicted octanol–water partition coefficient (Wildman–Crippen LogP) is 3.15. The lowest BCUT2D eigenvalue weighted by atomic mass is 10.2. The standard InChI is InChI=1S/C22H23N5O4S/c1-13(23-21(29)15-7-5-4-6-8-15)19-25-26-22(27(19)3)32-14(2)20(28)24-16-9-10-17-18(11-16)31-12-30-17/h4-11,13-14H,12H2,1-3H3,(H,23,29)(H,24,28)/t13-,14-/m1/s1. The van der Waals surface area contributed by atoms with Gasteiger partial charge in [-0.2, -0.15) is 0 Å². The van der Waals surface area contributed by atoms with Crippen LogP contribution in [0.4, 0.5) is 5.69 Å². The minimum atomic E-state index is -0.426. The van der Waals surface area contributed by atoms with Gasteiger partial charge in [0.15, 0.2) is 22.5 Å². The maximum Gasteiger partial charge on any atom is 0.251 e. The van der Waals surface area contributed by atoms with Crippen LogP contribution in [-0.2, 0) is 11.8 Å². The topological polar surface area (TPSA) is 107 Å². The van der Waals surface area contributed by atoms with Gasteiger partial charge in [-0.1, -0.05) is 30.0 Å². The van der Waals surface area contributed by atoms with E-state index in [2.05, 4.69) is 20.8 Å². The predicted molar refractivity (Wildman–Crippen MR) is 120 cm³/mol. The van der Waals surface area contributed by atoms with Crippen molar-refractivity contribution in [3.63, 3.8) is 0 Å². The second-order valence-corrected chi connectivity index (χ2v) is 8.59. The molecule has 1 aliphatic rings. The highest BCUT2D eigenvalue weighted by Gasteiger charge is 2.23. The van der Waals surface area contributed by atoms with Crippen molar-refractivity contribution in [3.8, 4) is 11.5 Å². The highest BCUT2D eigenvalue weighted by Crippen LogP contribution is 2.34. The molecule has 2 aromatic carbocycles. The number of ether oxygens (including phenoxy) is 2. The van der Waals surface area contributed by atoms with Crippen molar-refractivity contribution >= 4 is 29.3 Å². The van der Waals surface area contributed by atoms with E-state index in [9.17, 15) is 9.59 Å². The van der Waals surface area contributed by atoms with Crippen LogP contribution in [0.5, 0.6) is 11.5 Å². The van der Waals surface area contributed by atoms with Gasteiger partial charge in [-0.15, -0.1) is 10.2 Å². The van der Waals surface area contributed by atoms with Gasteiger partial charge >= 0.3 is 0 Å². The second kappa shape index (κ2) is 9.31. The van der Waals surface area contributed by atoms with Crippen LogP contribution in [0, 0.1) is 0 Å². The number of fused-ring (bicyclic) bond motifs is 1. The number of benzene rings is 2. The van der Waals surface area contributed by atoms with Crippen molar-refractivity contribution in [1.82, 2.24) is 20.1 Å². The Bertz CT molecular complexity index is 1130. The van der Waals surface area contributed by atoms with E-state index < -0.39 is 5.25 Å². The molecule has 0 saturated heterocycles. The highest BCUT2D eigenvalue weighted by molar-refractivity contribution is 8.00. The smallest absolute Gasteiger partial charge is 0.251 e. The fraction of sp³-hybridized carbons (Fsp3) is 0.273. The van der Waals surface area contributed by atoms with Crippen LogP contribution in [0.1, 0.15) is 36.1 Å². The SMILES string of the molecule is C[C@@H](Sc1nnc([C@@H](C)NC(=O)c2ccccc2)n1C)C(=O)Nc1ccc2c(c1)OCO2. The molecule has 10 heteroatoms. The average molecular weight is 454 g/mol. The van der Waals surface area contributed by atoms with Gasteiger partial charge in [-0.05, 0) is 38.1 Å². The summed E-state index contributed by atoms with van der Waals surface area (Å²) in [4.78, 5) is 25.1. The molecule has 2 heterocycles. The van der Waals surface area contributed by atoms with Gasteiger partial charge in [0.25, 0.3) is 5.91 Å². The maximum atomic E-state index is 12.7. The van der Waals surface area contributed by atoms with E-state index in [1.54, 1.807) is 41.8 Å². The van der Waals surface area contributed by atoms with Gasteiger partial charge in [0.2, 0.25) is 12.7 Å². The number of thioether (sulfide) groups is 1. The number of aromatic nitrogens is 3. The molecule has 1 aliphatic heterocycles. The highest BCUT2D eigenvalue weighted by atomic mass is 32.2. The van der Waals surface area contributed by atoms with Crippen molar-refractivity contribution in [2.75, 3.05) is 12.1 Å². The number of rotatable bonds is 7. The van der Waals surface area contributed by atoms with Crippen LogP contribution >= 0.6 is 11.8 Å². The number of anilines is 1. The molecule has 0 fully saturated rings. The van der Waals surface area contributed by atoms with Crippen LogP contribution in [0.25, 0.3) is 0 Å². The van der Waals surface area contributed by atoms with Crippen LogP contribution in [0.2, 0.25) is 0 Å². The first-order valence-electron chi connectivity index (χ1n) is 10.0. The van der Waals surface area contributed by atoms with Crippen molar-refractivity contribution in [1.29, 1.82) is 0 Å². The second-order valence-electron chi connectivity index (χ2n) is 7.28. The Labute approximate surface area is 189 Å². The Hall–Kier alpha value is -3.53. The fourth-order valence-corrected chi connectivity index (χ4v) is 3.99. The molecule has 0 aliphatic carbocycles. The molecule has 9 nitrogen and oxygen atoms in total. The van der Waals surface area contributed by atoms with Gasteiger partial charge in [0.1, 0.15) is 0 Å². The van der Waals surface area contributed by atoms with Crippen molar-refractivity contribution in [2.24, 2.45) is 7.05 Å². The Balaban J connectivity index is 1.37. The number of carbonyl (C=O) groups is 2. The lowest BCUT2D eigenvalue weighted by Gasteiger charge is -2.15. The molecule has 0 unspecified atom stereocenters. The Morgan fingerprint density at radius 3 is 2.59 bits per heavy atom. The number of amides is 2. The number of hydrogen-bond acceptors (Lipinski definition) is 7. The third-order valence-corrected chi connectivity index (χ3v) is 6.06. The fourth-order valence-electron chi connectivity index (χ4n) is 3.17. The Morgan fingerprint density at radius 2 is 1.81 bits per heavy atom. The zero-order valence-electron chi connectivity index (χ0n) is 17.9. The van der Waals surface area contributed by atoms with Crippen LogP contribution in [-0.4, -0.2) is 38.6 Å². The lowest BCUT2D eigenvalue weighted by molar-refractivity contribution is -0.115. The zero-order chi connectivity index (χ0) is 22.7. The number of nitrogens with one attached hydrogen (secondary N) is 2. The third kappa shape index (κ3) is 4.70. The van der Waals surface area contributed by atoms with E-state index in [-0.39, 0.29) is 24.6 Å². The van der Waals surface area contributed by atoms with Crippen LogP contribution < -0.4 is 20.1 Å². The van der Waals surface area contributed by atoms with Crippen LogP contribution in [0.15, 0.2) is 53.7 Å². The molecule has 32 heavy (non-hydrogen) atoms. The minimum Gasteiger partial charge on any atom is -0.454 e. The van der Waals surface area contributed by atoms with E-state index in [0.717, 1.165) is 0 Å². The Morgan fingerprint density at radius 1 is 1.06 bits per heavy atom. The molecule has 4 rings (SSSR count). The molecular formula is C22H23N5O4S. The molecule has 2 amide bonds. The van der Waals surface area contributed by atoms with Crippen molar-refractivity contribution in [3.05, 3.63) is 59.9 Å². The molecular weight excluding hydrogens is 430 g/mol. The number of carbonyl (C=O) groups excluding carboxylic acids is 2. The van der Waals surface area contributed by atoms with Gasteiger partial charge in [-0.25, -0.2) is 0 Å².